The molecular weight excluding hydrogens is 211 g/mol. The van der Waals surface area contributed by atoms with Gasteiger partial charge in [0, 0.05) is 0 Å². The van der Waals surface area contributed by atoms with E-state index in [9.17, 15) is 0 Å². The number of rotatable bonds is 3. The molecule has 0 fully saturated rings. The Morgan fingerprint density at radius 2 is 2.27 bits per heavy atom. The summed E-state index contributed by atoms with van der Waals surface area (Å²) in [6.45, 7) is 4.50. The summed E-state index contributed by atoms with van der Waals surface area (Å²) in [4.78, 5) is 0. The Bertz CT molecular complexity index is 199. The predicted molar refractivity (Wildman–Crippen MR) is 44.9 cm³/mol. The van der Waals surface area contributed by atoms with Gasteiger partial charge in [-0.3, -0.25) is 0 Å². The van der Waals surface area contributed by atoms with Gasteiger partial charge >= 0.3 is 84.8 Å². The molecule has 0 spiro atoms. The van der Waals surface area contributed by atoms with Crippen LogP contribution in [0, 0.1) is 0 Å². The Morgan fingerprint density at radius 1 is 1.55 bits per heavy atom. The van der Waals surface area contributed by atoms with Gasteiger partial charge in [-0.1, -0.05) is 0 Å². The molecule has 0 nitrogen and oxygen atoms in total. The number of allylic oxidation sites excluding steroid dienone is 4. The second-order valence-corrected chi connectivity index (χ2v) is 4.40. The van der Waals surface area contributed by atoms with Gasteiger partial charge in [-0.15, -0.1) is 0 Å². The molecule has 0 saturated heterocycles. The fourth-order valence-corrected chi connectivity index (χ4v) is 2.19. The maximum atomic E-state index is 2.37. The molecule has 1 aliphatic rings. The van der Waals surface area contributed by atoms with Gasteiger partial charge in [0.1, 0.15) is 0 Å². The summed E-state index contributed by atoms with van der Waals surface area (Å²) < 4.78 is 1.64. The van der Waals surface area contributed by atoms with Crippen LogP contribution in [0.4, 0.5) is 0 Å². The molecule has 11 heavy (non-hydrogen) atoms. The monoisotopic (exact) mass is 225 g/mol. The molecule has 1 aliphatic carbocycles. The normalized spacial score (nSPS) is 17.4. The van der Waals surface area contributed by atoms with E-state index in [-0.39, 0.29) is 0 Å². The molecule has 0 N–H and O–H groups in total. The average Bonchev–Trinajstić information content (AvgIpc) is 2.31. The van der Waals surface area contributed by atoms with Crippen LogP contribution in [0.1, 0.15) is 39.5 Å². The molecular formula is C10H15Zr. The van der Waals surface area contributed by atoms with Gasteiger partial charge in [-0.25, -0.2) is 0 Å². The maximum absolute atomic E-state index is 2.37. The summed E-state index contributed by atoms with van der Waals surface area (Å²) in [5, 5.41) is 0. The molecule has 59 valence electrons. The standard InChI is InChI=1S/C10H15.Zr/c1-3-4-5-10-7-6-9(2)8-10;/h6H,3-5,7H2,1-2H3;. The summed E-state index contributed by atoms with van der Waals surface area (Å²) in [5.41, 5.74) is 3.25. The molecule has 0 aromatic heterocycles. The van der Waals surface area contributed by atoms with Gasteiger partial charge in [0.15, 0.2) is 0 Å². The first kappa shape index (κ1) is 9.45. The van der Waals surface area contributed by atoms with Crippen molar-refractivity contribution in [3.05, 3.63) is 20.5 Å². The second-order valence-electron chi connectivity index (χ2n) is 3.17. The molecule has 0 atom stereocenters. The Morgan fingerprint density at radius 3 is 2.73 bits per heavy atom. The average molecular weight is 226 g/mol. The molecule has 0 aromatic rings. The van der Waals surface area contributed by atoms with E-state index in [1.54, 1.807) is 33.6 Å². The number of hydrogen-bond donors (Lipinski definition) is 0. The summed E-state index contributed by atoms with van der Waals surface area (Å²) in [6, 6.07) is 0. The van der Waals surface area contributed by atoms with E-state index in [1.165, 1.54) is 31.3 Å². The first-order valence-electron chi connectivity index (χ1n) is 4.36. The molecule has 0 heterocycles. The molecule has 1 rings (SSSR count). The minimum absolute atomic E-state index is 1.24. The Labute approximate surface area is 84.6 Å². The summed E-state index contributed by atoms with van der Waals surface area (Å²) in [5.74, 6) is 0. The third-order valence-electron chi connectivity index (χ3n) is 2.23. The van der Waals surface area contributed by atoms with Crippen molar-refractivity contribution in [1.29, 1.82) is 0 Å². The fourth-order valence-electron chi connectivity index (χ4n) is 1.38. The van der Waals surface area contributed by atoms with Gasteiger partial charge in [0.2, 0.25) is 0 Å². The Hall–Kier alpha value is 0.363. The summed E-state index contributed by atoms with van der Waals surface area (Å²) in [7, 11) is 0. The van der Waals surface area contributed by atoms with Gasteiger partial charge in [-0.05, 0) is 0 Å². The van der Waals surface area contributed by atoms with Gasteiger partial charge in [0.25, 0.3) is 0 Å². The first-order valence-corrected chi connectivity index (χ1v) is 5.59. The van der Waals surface area contributed by atoms with Crippen molar-refractivity contribution < 1.29 is 24.7 Å². The second kappa shape index (κ2) is 4.40. The van der Waals surface area contributed by atoms with Crippen LogP contribution in [0.2, 0.25) is 0 Å². The molecule has 0 aliphatic heterocycles. The molecule has 0 saturated carbocycles. The molecule has 0 unspecified atom stereocenters. The first-order chi connectivity index (χ1) is 5.25. The Kier molecular flexibility index (Phi) is 3.78. The van der Waals surface area contributed by atoms with E-state index >= 15 is 0 Å². The number of hydrogen-bond acceptors (Lipinski definition) is 0. The van der Waals surface area contributed by atoms with E-state index in [2.05, 4.69) is 19.9 Å². The van der Waals surface area contributed by atoms with Crippen molar-refractivity contribution in [2.45, 2.75) is 39.5 Å². The van der Waals surface area contributed by atoms with Crippen LogP contribution in [-0.4, -0.2) is 0 Å². The van der Waals surface area contributed by atoms with Crippen molar-refractivity contribution in [3.63, 3.8) is 0 Å². The quantitative estimate of drug-likeness (QED) is 0.692. The van der Waals surface area contributed by atoms with Crippen LogP contribution in [0.25, 0.3) is 0 Å². The van der Waals surface area contributed by atoms with Crippen LogP contribution < -0.4 is 0 Å². The van der Waals surface area contributed by atoms with E-state index in [0.29, 0.717) is 0 Å². The van der Waals surface area contributed by atoms with E-state index in [1.807, 2.05) is 0 Å². The summed E-state index contributed by atoms with van der Waals surface area (Å²) >= 11 is 1.60. The van der Waals surface area contributed by atoms with E-state index < -0.39 is 0 Å². The fraction of sp³-hybridized carbons (Fsp3) is 0.600. The van der Waals surface area contributed by atoms with Gasteiger partial charge < -0.3 is 0 Å². The van der Waals surface area contributed by atoms with Crippen LogP contribution in [0.3, 0.4) is 0 Å². The molecule has 0 aromatic carbocycles. The van der Waals surface area contributed by atoms with Crippen molar-refractivity contribution in [2.75, 3.05) is 0 Å². The van der Waals surface area contributed by atoms with Crippen LogP contribution in [0.15, 0.2) is 20.5 Å². The van der Waals surface area contributed by atoms with Crippen LogP contribution in [0.5, 0.6) is 0 Å². The topological polar surface area (TPSA) is 0 Å². The molecule has 0 amide bonds. The van der Waals surface area contributed by atoms with Crippen LogP contribution in [-0.2, 0) is 24.7 Å². The molecule has 0 radical (unpaired) electrons. The van der Waals surface area contributed by atoms with Crippen molar-refractivity contribution >= 4 is 0 Å². The van der Waals surface area contributed by atoms with Crippen molar-refractivity contribution in [1.82, 2.24) is 0 Å². The number of unbranched alkanes of at least 4 members (excludes halogenated alkanes) is 1. The summed E-state index contributed by atoms with van der Waals surface area (Å²) in [6.07, 6.45) is 7.65. The third-order valence-corrected chi connectivity index (χ3v) is 4.07. The minimum atomic E-state index is 1.24. The Balaban J connectivity index is 2.49. The van der Waals surface area contributed by atoms with Gasteiger partial charge in [-0.2, -0.15) is 0 Å². The van der Waals surface area contributed by atoms with E-state index in [0.717, 1.165) is 0 Å². The SMILES string of the molecule is CCCCC1=[C]([Zr])C(C)=CC1. The zero-order valence-corrected chi connectivity index (χ0v) is 9.86. The van der Waals surface area contributed by atoms with Crippen LogP contribution >= 0.6 is 0 Å². The zero-order chi connectivity index (χ0) is 8.27. The molecule has 0 bridgehead atoms. The zero-order valence-electron chi connectivity index (χ0n) is 7.41. The van der Waals surface area contributed by atoms with E-state index in [4.69, 9.17) is 0 Å². The van der Waals surface area contributed by atoms with Gasteiger partial charge in [0.05, 0.1) is 0 Å². The predicted octanol–water partition coefficient (Wildman–Crippen LogP) is 3.33. The molecule has 1 heteroatoms. The third kappa shape index (κ3) is 2.40. The van der Waals surface area contributed by atoms with Crippen molar-refractivity contribution in [3.8, 4) is 0 Å². The van der Waals surface area contributed by atoms with Crippen molar-refractivity contribution in [2.24, 2.45) is 0 Å².